The summed E-state index contributed by atoms with van der Waals surface area (Å²) in [6.07, 6.45) is 2.68. The Kier molecular flexibility index (Phi) is 7.39. The Morgan fingerprint density at radius 1 is 1.13 bits per heavy atom. The number of carbonyl (C=O) groups excluding carboxylic acids is 1. The number of amides is 1. The quantitative estimate of drug-likeness (QED) is 0.648. The van der Waals surface area contributed by atoms with Crippen LogP contribution in [0.1, 0.15) is 40.7 Å². The third-order valence-corrected chi connectivity index (χ3v) is 7.71. The lowest BCUT2D eigenvalue weighted by molar-refractivity contribution is 0.0946. The van der Waals surface area contributed by atoms with Crippen LogP contribution in [0.25, 0.3) is 0 Å². The van der Waals surface area contributed by atoms with E-state index in [1.807, 2.05) is 32.0 Å². The normalized spacial score (nSPS) is 15.0. The second-order valence-electron chi connectivity index (χ2n) is 7.41. The standard InChI is InChI=1S/C22H27ClN2O4S/c1-16-7-6-8-20(17(16)2)29-14-11-24-22(26)18-9-10-19(23)21(15-18)30(27,28)25-12-4-3-5-13-25/h6-10,15H,3-5,11-14H2,1-2H3,(H,24,26). The highest BCUT2D eigenvalue weighted by atomic mass is 35.5. The molecule has 1 heterocycles. The summed E-state index contributed by atoms with van der Waals surface area (Å²) in [5.74, 6) is 0.414. The third-order valence-electron chi connectivity index (χ3n) is 5.33. The fraction of sp³-hybridized carbons (Fsp3) is 0.409. The SMILES string of the molecule is Cc1cccc(OCCNC(=O)c2ccc(Cl)c(S(=O)(=O)N3CCCCC3)c2)c1C. The molecule has 0 atom stereocenters. The first-order valence-electron chi connectivity index (χ1n) is 10.1. The maximum Gasteiger partial charge on any atom is 0.251 e. The predicted molar refractivity (Wildman–Crippen MR) is 118 cm³/mol. The molecule has 0 aromatic heterocycles. The molecule has 0 unspecified atom stereocenters. The number of benzene rings is 2. The molecule has 1 aliphatic heterocycles. The average Bonchev–Trinajstić information content (AvgIpc) is 2.74. The lowest BCUT2D eigenvalue weighted by Gasteiger charge is -2.26. The monoisotopic (exact) mass is 450 g/mol. The zero-order valence-electron chi connectivity index (χ0n) is 17.3. The van der Waals surface area contributed by atoms with Gasteiger partial charge in [-0.15, -0.1) is 0 Å². The number of hydrogen-bond acceptors (Lipinski definition) is 4. The number of ether oxygens (including phenoxy) is 1. The van der Waals surface area contributed by atoms with Crippen molar-refractivity contribution in [3.8, 4) is 5.75 Å². The Balaban J connectivity index is 1.63. The van der Waals surface area contributed by atoms with Crippen LogP contribution >= 0.6 is 11.6 Å². The molecule has 8 heteroatoms. The summed E-state index contributed by atoms with van der Waals surface area (Å²) in [6.45, 7) is 5.56. The first-order chi connectivity index (χ1) is 14.3. The van der Waals surface area contributed by atoms with E-state index in [4.69, 9.17) is 16.3 Å². The molecule has 30 heavy (non-hydrogen) atoms. The summed E-state index contributed by atoms with van der Waals surface area (Å²) >= 11 is 6.17. The number of nitrogens with one attached hydrogen (secondary N) is 1. The summed E-state index contributed by atoms with van der Waals surface area (Å²) < 4.78 is 33.1. The maximum absolute atomic E-state index is 12.9. The minimum atomic E-state index is -3.72. The number of halogens is 1. The number of hydrogen-bond donors (Lipinski definition) is 1. The van der Waals surface area contributed by atoms with Gasteiger partial charge in [-0.1, -0.05) is 30.2 Å². The Hall–Kier alpha value is -2.09. The molecule has 2 aromatic carbocycles. The molecule has 3 rings (SSSR count). The molecule has 1 saturated heterocycles. The van der Waals surface area contributed by atoms with E-state index in [9.17, 15) is 13.2 Å². The average molecular weight is 451 g/mol. The van der Waals surface area contributed by atoms with Crippen LogP contribution in [0.5, 0.6) is 5.75 Å². The zero-order valence-corrected chi connectivity index (χ0v) is 18.9. The van der Waals surface area contributed by atoms with Crippen LogP contribution in [0.2, 0.25) is 5.02 Å². The van der Waals surface area contributed by atoms with Gasteiger partial charge in [-0.05, 0) is 62.1 Å². The Labute approximate surface area is 183 Å². The molecular weight excluding hydrogens is 424 g/mol. The van der Waals surface area contributed by atoms with E-state index in [1.54, 1.807) is 0 Å². The molecular formula is C22H27ClN2O4S. The predicted octanol–water partition coefficient (Wildman–Crippen LogP) is 3.94. The minimum Gasteiger partial charge on any atom is -0.491 e. The molecule has 2 aromatic rings. The largest absolute Gasteiger partial charge is 0.491 e. The van der Waals surface area contributed by atoms with Crippen molar-refractivity contribution in [1.29, 1.82) is 0 Å². The van der Waals surface area contributed by atoms with Crippen LogP contribution in [0.4, 0.5) is 0 Å². The molecule has 1 aliphatic rings. The highest BCUT2D eigenvalue weighted by Gasteiger charge is 2.28. The van der Waals surface area contributed by atoms with Gasteiger partial charge >= 0.3 is 0 Å². The summed E-state index contributed by atoms with van der Waals surface area (Å²) in [7, 11) is -3.72. The van der Waals surface area contributed by atoms with Crippen molar-refractivity contribution < 1.29 is 17.9 Å². The highest BCUT2D eigenvalue weighted by Crippen LogP contribution is 2.28. The van der Waals surface area contributed by atoms with Gasteiger partial charge in [-0.25, -0.2) is 8.42 Å². The molecule has 0 spiro atoms. The smallest absolute Gasteiger partial charge is 0.251 e. The molecule has 0 radical (unpaired) electrons. The Bertz CT molecular complexity index is 1020. The molecule has 0 saturated carbocycles. The van der Waals surface area contributed by atoms with Crippen molar-refractivity contribution >= 4 is 27.5 Å². The van der Waals surface area contributed by atoms with E-state index < -0.39 is 10.0 Å². The maximum atomic E-state index is 12.9. The molecule has 0 aliphatic carbocycles. The van der Waals surface area contributed by atoms with Gasteiger partial charge in [0, 0.05) is 18.7 Å². The van der Waals surface area contributed by atoms with E-state index in [2.05, 4.69) is 5.32 Å². The van der Waals surface area contributed by atoms with E-state index >= 15 is 0 Å². The first-order valence-corrected chi connectivity index (χ1v) is 11.9. The summed E-state index contributed by atoms with van der Waals surface area (Å²) in [5, 5.41) is 2.89. The van der Waals surface area contributed by atoms with E-state index in [0.717, 1.165) is 36.1 Å². The van der Waals surface area contributed by atoms with Gasteiger partial charge in [-0.3, -0.25) is 4.79 Å². The van der Waals surface area contributed by atoms with Crippen LogP contribution in [0, 0.1) is 13.8 Å². The lowest BCUT2D eigenvalue weighted by Crippen LogP contribution is -2.36. The first kappa shape index (κ1) is 22.6. The fourth-order valence-electron chi connectivity index (χ4n) is 3.39. The third kappa shape index (κ3) is 5.14. The number of nitrogens with zero attached hydrogens (tertiary/aromatic N) is 1. The van der Waals surface area contributed by atoms with E-state index in [-0.39, 0.29) is 21.4 Å². The second kappa shape index (κ2) is 9.81. The molecule has 1 N–H and O–H groups in total. The number of aryl methyl sites for hydroxylation is 1. The van der Waals surface area contributed by atoms with Crippen molar-refractivity contribution in [3.05, 3.63) is 58.1 Å². The zero-order chi connectivity index (χ0) is 21.7. The van der Waals surface area contributed by atoms with Gasteiger partial charge in [0.2, 0.25) is 10.0 Å². The van der Waals surface area contributed by atoms with E-state index in [0.29, 0.717) is 26.2 Å². The van der Waals surface area contributed by atoms with Gasteiger partial charge in [0.25, 0.3) is 5.91 Å². The molecule has 6 nitrogen and oxygen atoms in total. The number of rotatable bonds is 7. The van der Waals surface area contributed by atoms with Crippen molar-refractivity contribution in [1.82, 2.24) is 9.62 Å². The summed E-state index contributed by atoms with van der Waals surface area (Å²) in [4.78, 5) is 12.5. The molecule has 0 bridgehead atoms. The van der Waals surface area contributed by atoms with Gasteiger partial charge < -0.3 is 10.1 Å². The molecule has 1 amide bonds. The van der Waals surface area contributed by atoms with Crippen LogP contribution in [-0.4, -0.2) is 44.9 Å². The van der Waals surface area contributed by atoms with Crippen molar-refractivity contribution in [2.24, 2.45) is 0 Å². The number of carbonyl (C=O) groups is 1. The van der Waals surface area contributed by atoms with E-state index in [1.165, 1.54) is 22.5 Å². The summed E-state index contributed by atoms with van der Waals surface area (Å²) in [6, 6.07) is 10.2. The van der Waals surface area contributed by atoms with Crippen LogP contribution in [0.15, 0.2) is 41.3 Å². The molecule has 1 fully saturated rings. The van der Waals surface area contributed by atoms with Gasteiger partial charge in [0.05, 0.1) is 11.6 Å². The Morgan fingerprint density at radius 3 is 2.60 bits per heavy atom. The van der Waals surface area contributed by atoms with Gasteiger partial charge in [-0.2, -0.15) is 4.31 Å². The van der Waals surface area contributed by atoms with Crippen LogP contribution < -0.4 is 10.1 Å². The van der Waals surface area contributed by atoms with Gasteiger partial charge in [0.1, 0.15) is 17.3 Å². The lowest BCUT2D eigenvalue weighted by atomic mass is 10.1. The fourth-order valence-corrected chi connectivity index (χ4v) is 5.41. The van der Waals surface area contributed by atoms with Gasteiger partial charge in [0.15, 0.2) is 0 Å². The van der Waals surface area contributed by atoms with Crippen LogP contribution in [0.3, 0.4) is 0 Å². The van der Waals surface area contributed by atoms with Crippen LogP contribution in [-0.2, 0) is 10.0 Å². The van der Waals surface area contributed by atoms with Crippen molar-refractivity contribution in [2.75, 3.05) is 26.2 Å². The molecule has 162 valence electrons. The topological polar surface area (TPSA) is 75.7 Å². The number of sulfonamides is 1. The number of piperidine rings is 1. The highest BCUT2D eigenvalue weighted by molar-refractivity contribution is 7.89. The minimum absolute atomic E-state index is 0.0228. The second-order valence-corrected chi connectivity index (χ2v) is 9.73. The Morgan fingerprint density at radius 2 is 1.87 bits per heavy atom. The summed E-state index contributed by atoms with van der Waals surface area (Å²) in [5.41, 5.74) is 2.45. The van der Waals surface area contributed by atoms with Crippen molar-refractivity contribution in [2.45, 2.75) is 38.0 Å². The van der Waals surface area contributed by atoms with Crippen molar-refractivity contribution in [3.63, 3.8) is 0 Å².